The molecule has 0 saturated carbocycles. The van der Waals surface area contributed by atoms with Crippen LogP contribution in [0.5, 0.6) is 23.0 Å². The normalized spacial score (nSPS) is 10.1. The zero-order chi connectivity index (χ0) is 15.2. The van der Waals surface area contributed by atoms with Crippen molar-refractivity contribution in [1.82, 2.24) is 0 Å². The number of hydrogen-bond acceptors (Lipinski definition) is 4. The molecule has 0 amide bonds. The van der Waals surface area contributed by atoms with Crippen molar-refractivity contribution in [2.45, 2.75) is 0 Å². The number of methoxy groups -OCH3 is 4. The average molecular weight is 306 g/mol. The first kappa shape index (κ1) is 15.5. The van der Waals surface area contributed by atoms with Gasteiger partial charge in [-0.25, -0.2) is 0 Å². The Morgan fingerprint density at radius 1 is 0.619 bits per heavy atom. The molecule has 2 aromatic rings. The maximum atomic E-state index is 5.48. The molecule has 0 aliphatic rings. The molecule has 0 N–H and O–H groups in total. The van der Waals surface area contributed by atoms with Gasteiger partial charge in [0, 0.05) is 10.6 Å². The lowest BCUT2D eigenvalue weighted by Gasteiger charge is -2.15. The van der Waals surface area contributed by atoms with Crippen molar-refractivity contribution in [1.29, 1.82) is 0 Å². The van der Waals surface area contributed by atoms with E-state index in [0.29, 0.717) is 8.58 Å². The number of ether oxygens (including phenoxy) is 4. The fourth-order valence-corrected chi connectivity index (χ4v) is 3.44. The molecule has 112 valence electrons. The summed E-state index contributed by atoms with van der Waals surface area (Å²) in [5, 5.41) is 2.12. The van der Waals surface area contributed by atoms with Gasteiger partial charge in [0.15, 0.2) is 23.0 Å². The van der Waals surface area contributed by atoms with Gasteiger partial charge in [0.05, 0.1) is 28.4 Å². The Kier molecular flexibility index (Phi) is 5.29. The molecule has 2 rings (SSSR count). The zero-order valence-corrected chi connectivity index (χ0v) is 13.6. The van der Waals surface area contributed by atoms with Crippen LogP contribution in [0.4, 0.5) is 0 Å². The summed E-state index contributed by atoms with van der Waals surface area (Å²) in [6, 6.07) is 11.7. The zero-order valence-electron chi connectivity index (χ0n) is 12.6. The second kappa shape index (κ2) is 7.19. The Bertz CT molecular complexity index is 560. The summed E-state index contributed by atoms with van der Waals surface area (Å²) < 4.78 is 21.6. The topological polar surface area (TPSA) is 36.9 Å². The van der Waals surface area contributed by atoms with E-state index in [1.807, 2.05) is 36.4 Å². The minimum Gasteiger partial charge on any atom is -0.493 e. The largest absolute Gasteiger partial charge is 0.493 e. The molecule has 0 unspecified atom stereocenters. The van der Waals surface area contributed by atoms with Crippen LogP contribution in [0.1, 0.15) is 0 Å². The lowest BCUT2D eigenvalue weighted by atomic mass is 10.3. The van der Waals surface area contributed by atoms with Crippen molar-refractivity contribution in [3.05, 3.63) is 36.4 Å². The average Bonchev–Trinajstić information content (AvgIpc) is 2.54. The molecule has 0 saturated heterocycles. The molecule has 2 aromatic carbocycles. The van der Waals surface area contributed by atoms with E-state index in [9.17, 15) is 0 Å². The predicted octanol–water partition coefficient (Wildman–Crippen LogP) is 2.35. The van der Waals surface area contributed by atoms with Crippen molar-refractivity contribution >= 4 is 19.2 Å². The first-order chi connectivity index (χ1) is 10.2. The van der Waals surface area contributed by atoms with Gasteiger partial charge in [0.25, 0.3) is 0 Å². The fourth-order valence-electron chi connectivity index (χ4n) is 2.12. The van der Waals surface area contributed by atoms with Crippen molar-refractivity contribution in [3.8, 4) is 23.0 Å². The standard InChI is InChI=1S/C16H19O4P/c1-17-11-7-5-9-13(15(11)19-3)21-14-10-6-8-12(18-2)16(14)20-4/h5-10,21H,1-4H3. The van der Waals surface area contributed by atoms with E-state index in [1.54, 1.807) is 28.4 Å². The number of rotatable bonds is 6. The van der Waals surface area contributed by atoms with Crippen molar-refractivity contribution < 1.29 is 18.9 Å². The van der Waals surface area contributed by atoms with Gasteiger partial charge in [-0.15, -0.1) is 0 Å². The maximum Gasteiger partial charge on any atom is 0.168 e. The van der Waals surface area contributed by atoms with E-state index in [4.69, 9.17) is 18.9 Å². The van der Waals surface area contributed by atoms with Crippen LogP contribution in [0.2, 0.25) is 0 Å². The number of benzene rings is 2. The fraction of sp³-hybridized carbons (Fsp3) is 0.250. The lowest BCUT2D eigenvalue weighted by molar-refractivity contribution is 0.357. The van der Waals surface area contributed by atoms with Crippen LogP contribution < -0.4 is 29.6 Å². The van der Waals surface area contributed by atoms with E-state index >= 15 is 0 Å². The second-order valence-corrected chi connectivity index (χ2v) is 5.53. The summed E-state index contributed by atoms with van der Waals surface area (Å²) in [6.45, 7) is 0. The molecule has 0 heterocycles. The minimum absolute atomic E-state index is 0.377. The van der Waals surface area contributed by atoms with Gasteiger partial charge in [-0.1, -0.05) is 32.8 Å². The van der Waals surface area contributed by atoms with Gasteiger partial charge in [-0.05, 0) is 12.1 Å². The SMILES string of the molecule is COc1cccc(Pc2cccc(OC)c2OC)c1OC. The van der Waals surface area contributed by atoms with Crippen LogP contribution >= 0.6 is 8.58 Å². The first-order valence-electron chi connectivity index (χ1n) is 6.44. The highest BCUT2D eigenvalue weighted by atomic mass is 31.1. The van der Waals surface area contributed by atoms with Crippen LogP contribution in [0, 0.1) is 0 Å². The molecule has 0 bridgehead atoms. The van der Waals surface area contributed by atoms with Crippen molar-refractivity contribution in [3.63, 3.8) is 0 Å². The van der Waals surface area contributed by atoms with Crippen LogP contribution in [0.15, 0.2) is 36.4 Å². The summed E-state index contributed by atoms with van der Waals surface area (Å²) in [5.74, 6) is 2.96. The molecular weight excluding hydrogens is 287 g/mol. The Morgan fingerprint density at radius 2 is 1.05 bits per heavy atom. The summed E-state index contributed by atoms with van der Waals surface area (Å²) in [7, 11) is 6.94. The monoisotopic (exact) mass is 306 g/mol. The van der Waals surface area contributed by atoms with Gasteiger partial charge >= 0.3 is 0 Å². The molecule has 0 fully saturated rings. The van der Waals surface area contributed by atoms with E-state index in [1.165, 1.54) is 0 Å². The maximum absolute atomic E-state index is 5.48. The van der Waals surface area contributed by atoms with Gasteiger partial charge < -0.3 is 18.9 Å². The highest BCUT2D eigenvalue weighted by Crippen LogP contribution is 2.33. The van der Waals surface area contributed by atoms with Crippen molar-refractivity contribution in [2.24, 2.45) is 0 Å². The Hall–Kier alpha value is -1.93. The molecule has 5 heteroatoms. The molecule has 0 aliphatic carbocycles. The predicted molar refractivity (Wildman–Crippen MR) is 86.7 cm³/mol. The number of hydrogen-bond donors (Lipinski definition) is 0. The lowest BCUT2D eigenvalue weighted by Crippen LogP contribution is -2.10. The molecular formula is C16H19O4P. The summed E-state index contributed by atoms with van der Waals surface area (Å²) in [5.41, 5.74) is 0. The second-order valence-electron chi connectivity index (χ2n) is 4.21. The Labute approximate surface area is 126 Å². The van der Waals surface area contributed by atoms with E-state index < -0.39 is 0 Å². The Balaban J connectivity index is 2.43. The van der Waals surface area contributed by atoms with Crippen LogP contribution in [0.3, 0.4) is 0 Å². The van der Waals surface area contributed by atoms with Gasteiger partial charge in [-0.3, -0.25) is 0 Å². The molecule has 0 aromatic heterocycles. The third-order valence-corrected chi connectivity index (χ3v) is 4.40. The molecule has 0 radical (unpaired) electrons. The van der Waals surface area contributed by atoms with Gasteiger partial charge in [0.2, 0.25) is 0 Å². The highest BCUT2D eigenvalue weighted by molar-refractivity contribution is 7.56. The van der Waals surface area contributed by atoms with Gasteiger partial charge in [-0.2, -0.15) is 0 Å². The minimum atomic E-state index is 0.377. The summed E-state index contributed by atoms with van der Waals surface area (Å²) in [6.07, 6.45) is 0. The number of para-hydroxylation sites is 2. The highest BCUT2D eigenvalue weighted by Gasteiger charge is 2.14. The van der Waals surface area contributed by atoms with Crippen molar-refractivity contribution in [2.75, 3.05) is 28.4 Å². The smallest absolute Gasteiger partial charge is 0.168 e. The van der Waals surface area contributed by atoms with Crippen LogP contribution in [-0.4, -0.2) is 28.4 Å². The molecule has 21 heavy (non-hydrogen) atoms. The van der Waals surface area contributed by atoms with E-state index in [-0.39, 0.29) is 0 Å². The van der Waals surface area contributed by atoms with Crippen LogP contribution in [-0.2, 0) is 0 Å². The van der Waals surface area contributed by atoms with E-state index in [2.05, 4.69) is 0 Å². The summed E-state index contributed by atoms with van der Waals surface area (Å²) in [4.78, 5) is 0. The van der Waals surface area contributed by atoms with Crippen LogP contribution in [0.25, 0.3) is 0 Å². The molecule has 0 spiro atoms. The third kappa shape index (κ3) is 3.22. The molecule has 0 aliphatic heterocycles. The van der Waals surface area contributed by atoms with Gasteiger partial charge in [0.1, 0.15) is 0 Å². The molecule has 0 atom stereocenters. The Morgan fingerprint density at radius 3 is 1.38 bits per heavy atom. The van der Waals surface area contributed by atoms with E-state index in [0.717, 1.165) is 33.6 Å². The third-order valence-electron chi connectivity index (χ3n) is 3.08. The quantitative estimate of drug-likeness (QED) is 0.768. The summed E-state index contributed by atoms with van der Waals surface area (Å²) >= 11 is 0. The first-order valence-corrected chi connectivity index (χ1v) is 7.44. The molecule has 4 nitrogen and oxygen atoms in total.